The summed E-state index contributed by atoms with van der Waals surface area (Å²) in [7, 11) is 0. The van der Waals surface area contributed by atoms with Crippen LogP contribution in [0, 0.1) is 0 Å². The summed E-state index contributed by atoms with van der Waals surface area (Å²) in [6, 6.07) is 3.34. The van der Waals surface area contributed by atoms with Gasteiger partial charge in [0.15, 0.2) is 5.76 Å². The van der Waals surface area contributed by atoms with E-state index < -0.39 is 0 Å². The van der Waals surface area contributed by atoms with E-state index in [0.717, 1.165) is 0 Å². The Morgan fingerprint density at radius 3 is 2.19 bits per heavy atom. The lowest BCUT2D eigenvalue weighted by Gasteiger charge is -2.37. The molecule has 0 aliphatic carbocycles. The average molecular weight is 378 g/mol. The monoisotopic (exact) mass is 378 g/mol. The summed E-state index contributed by atoms with van der Waals surface area (Å²) in [6.07, 6.45) is 1.19. The van der Waals surface area contributed by atoms with E-state index in [9.17, 15) is 14.4 Å². The van der Waals surface area contributed by atoms with E-state index in [-0.39, 0.29) is 17.9 Å². The number of piperazine rings is 2. The lowest BCUT2D eigenvalue weighted by Crippen LogP contribution is -2.55. The average Bonchev–Trinajstić information content (AvgIpc) is 3.23. The van der Waals surface area contributed by atoms with Gasteiger partial charge in [-0.05, 0) is 19.1 Å². The Kier molecular flexibility index (Phi) is 6.33. The molecule has 0 bridgehead atoms. The quantitative estimate of drug-likeness (QED) is 0.751. The number of carbonyl (C=O) groups excluding carboxylic acids is 3. The number of amides is 3. The molecule has 3 rings (SSSR count). The largest absolute Gasteiger partial charge is 0.459 e. The molecule has 0 aromatic carbocycles. The summed E-state index contributed by atoms with van der Waals surface area (Å²) < 4.78 is 10.2. The summed E-state index contributed by atoms with van der Waals surface area (Å²) in [5.41, 5.74) is 0. The molecule has 1 aromatic heterocycles. The molecule has 9 nitrogen and oxygen atoms in total. The summed E-state index contributed by atoms with van der Waals surface area (Å²) in [5, 5.41) is 0. The molecule has 3 amide bonds. The lowest BCUT2D eigenvalue weighted by molar-refractivity contribution is -0.134. The Balaban J connectivity index is 1.40. The Morgan fingerprint density at radius 1 is 0.963 bits per heavy atom. The Bertz CT molecular complexity index is 647. The van der Waals surface area contributed by atoms with Gasteiger partial charge >= 0.3 is 6.09 Å². The second-order valence-corrected chi connectivity index (χ2v) is 6.61. The van der Waals surface area contributed by atoms with Gasteiger partial charge < -0.3 is 23.9 Å². The summed E-state index contributed by atoms with van der Waals surface area (Å²) >= 11 is 0. The van der Waals surface area contributed by atoms with Crippen LogP contribution in [0.5, 0.6) is 0 Å². The van der Waals surface area contributed by atoms with Crippen molar-refractivity contribution in [3.8, 4) is 0 Å². The van der Waals surface area contributed by atoms with Crippen LogP contribution in [0.2, 0.25) is 0 Å². The lowest BCUT2D eigenvalue weighted by atomic mass is 10.2. The molecule has 0 saturated carbocycles. The predicted octanol–water partition coefficient (Wildman–Crippen LogP) is 0.338. The van der Waals surface area contributed by atoms with Crippen LogP contribution in [0.25, 0.3) is 0 Å². The van der Waals surface area contributed by atoms with Crippen molar-refractivity contribution in [3.63, 3.8) is 0 Å². The first-order chi connectivity index (χ1) is 13.1. The van der Waals surface area contributed by atoms with Crippen LogP contribution < -0.4 is 0 Å². The minimum atomic E-state index is -0.291. The minimum Gasteiger partial charge on any atom is -0.459 e. The second kappa shape index (κ2) is 8.90. The highest BCUT2D eigenvalue weighted by Crippen LogP contribution is 2.10. The molecule has 2 saturated heterocycles. The van der Waals surface area contributed by atoms with Gasteiger partial charge in [-0.15, -0.1) is 0 Å². The minimum absolute atomic E-state index is 0.0599. The van der Waals surface area contributed by atoms with Crippen molar-refractivity contribution in [2.24, 2.45) is 0 Å². The van der Waals surface area contributed by atoms with Crippen LogP contribution >= 0.6 is 0 Å². The molecule has 0 atom stereocenters. The molecule has 2 fully saturated rings. The van der Waals surface area contributed by atoms with Crippen molar-refractivity contribution in [3.05, 3.63) is 24.2 Å². The van der Waals surface area contributed by atoms with Crippen molar-refractivity contribution < 1.29 is 23.5 Å². The zero-order valence-corrected chi connectivity index (χ0v) is 15.6. The molecule has 0 radical (unpaired) electrons. The van der Waals surface area contributed by atoms with Crippen LogP contribution in [-0.2, 0) is 9.53 Å². The van der Waals surface area contributed by atoms with Gasteiger partial charge in [-0.2, -0.15) is 0 Å². The maximum absolute atomic E-state index is 12.5. The standard InChI is InChI=1S/C18H26N4O5/c1-2-26-18(25)22-7-5-19(6-8-22)14-16(23)20-9-11-21(12-10-20)17(24)15-4-3-13-27-15/h3-4,13H,2,5-12,14H2,1H3. The molecular formula is C18H26N4O5. The molecule has 0 spiro atoms. The predicted molar refractivity (Wildman–Crippen MR) is 96.2 cm³/mol. The van der Waals surface area contributed by atoms with Crippen LogP contribution in [0.1, 0.15) is 17.5 Å². The fraction of sp³-hybridized carbons (Fsp3) is 0.611. The third-order valence-electron chi connectivity index (χ3n) is 4.91. The third kappa shape index (κ3) is 4.79. The molecule has 0 N–H and O–H groups in total. The maximum atomic E-state index is 12.5. The number of ether oxygens (including phenoxy) is 1. The van der Waals surface area contributed by atoms with Crippen molar-refractivity contribution in [1.82, 2.24) is 19.6 Å². The molecule has 3 heterocycles. The van der Waals surface area contributed by atoms with Crippen LogP contribution in [-0.4, -0.2) is 103 Å². The highest BCUT2D eigenvalue weighted by Gasteiger charge is 2.28. The third-order valence-corrected chi connectivity index (χ3v) is 4.91. The number of furan rings is 1. The summed E-state index contributed by atoms with van der Waals surface area (Å²) in [6.45, 7) is 6.98. The Morgan fingerprint density at radius 2 is 1.59 bits per heavy atom. The number of nitrogens with zero attached hydrogens (tertiary/aromatic N) is 4. The van der Waals surface area contributed by atoms with Crippen molar-refractivity contribution in [2.75, 3.05) is 65.5 Å². The fourth-order valence-electron chi connectivity index (χ4n) is 3.31. The first kappa shape index (κ1) is 19.2. The number of carbonyl (C=O) groups is 3. The molecule has 0 unspecified atom stereocenters. The zero-order chi connectivity index (χ0) is 19.2. The van der Waals surface area contributed by atoms with Gasteiger partial charge in [0, 0.05) is 52.4 Å². The number of hydrogen-bond acceptors (Lipinski definition) is 6. The molecule has 2 aliphatic rings. The topological polar surface area (TPSA) is 86.5 Å². The Labute approximate surface area is 158 Å². The normalized spacial score (nSPS) is 18.5. The molecule has 2 aliphatic heterocycles. The molecule has 27 heavy (non-hydrogen) atoms. The highest BCUT2D eigenvalue weighted by atomic mass is 16.6. The van der Waals surface area contributed by atoms with Gasteiger partial charge in [0.1, 0.15) is 0 Å². The van der Waals surface area contributed by atoms with E-state index in [4.69, 9.17) is 9.15 Å². The van der Waals surface area contributed by atoms with Crippen LogP contribution in [0.4, 0.5) is 4.79 Å². The second-order valence-electron chi connectivity index (χ2n) is 6.61. The van der Waals surface area contributed by atoms with Crippen molar-refractivity contribution in [1.29, 1.82) is 0 Å². The van der Waals surface area contributed by atoms with Crippen LogP contribution in [0.15, 0.2) is 22.8 Å². The van der Waals surface area contributed by atoms with Gasteiger partial charge in [0.2, 0.25) is 5.91 Å². The highest BCUT2D eigenvalue weighted by molar-refractivity contribution is 5.91. The van der Waals surface area contributed by atoms with Crippen molar-refractivity contribution in [2.45, 2.75) is 6.92 Å². The van der Waals surface area contributed by atoms with E-state index in [1.54, 1.807) is 33.8 Å². The van der Waals surface area contributed by atoms with Gasteiger partial charge in [-0.3, -0.25) is 14.5 Å². The first-order valence-corrected chi connectivity index (χ1v) is 9.33. The smallest absolute Gasteiger partial charge is 0.409 e. The van der Waals surface area contributed by atoms with E-state index >= 15 is 0 Å². The van der Waals surface area contributed by atoms with Crippen LogP contribution in [0.3, 0.4) is 0 Å². The van der Waals surface area contributed by atoms with E-state index in [0.29, 0.717) is 71.3 Å². The van der Waals surface area contributed by atoms with E-state index in [2.05, 4.69) is 4.90 Å². The number of rotatable bonds is 4. The summed E-state index contributed by atoms with van der Waals surface area (Å²) in [5.74, 6) is 0.251. The zero-order valence-electron chi connectivity index (χ0n) is 15.6. The SMILES string of the molecule is CCOC(=O)N1CCN(CC(=O)N2CCN(C(=O)c3ccco3)CC2)CC1. The maximum Gasteiger partial charge on any atom is 0.409 e. The van der Waals surface area contributed by atoms with Gasteiger partial charge in [0.05, 0.1) is 19.4 Å². The van der Waals surface area contributed by atoms with E-state index in [1.165, 1.54) is 6.26 Å². The Hall–Kier alpha value is -2.55. The van der Waals surface area contributed by atoms with Crippen molar-refractivity contribution >= 4 is 17.9 Å². The van der Waals surface area contributed by atoms with Gasteiger partial charge in [-0.1, -0.05) is 0 Å². The first-order valence-electron chi connectivity index (χ1n) is 9.33. The van der Waals surface area contributed by atoms with E-state index in [1.807, 2.05) is 0 Å². The molecule has 9 heteroatoms. The molecule has 148 valence electrons. The van der Waals surface area contributed by atoms with Gasteiger partial charge in [-0.25, -0.2) is 4.79 Å². The van der Waals surface area contributed by atoms with Gasteiger partial charge in [0.25, 0.3) is 5.91 Å². The molecule has 1 aromatic rings. The number of hydrogen-bond donors (Lipinski definition) is 0. The fourth-order valence-corrected chi connectivity index (χ4v) is 3.31. The summed E-state index contributed by atoms with van der Waals surface area (Å²) in [4.78, 5) is 43.8. The molecular weight excluding hydrogens is 352 g/mol.